The Morgan fingerprint density at radius 3 is 2.67 bits per heavy atom. The molecule has 0 radical (unpaired) electrons. The van der Waals surface area contributed by atoms with Crippen molar-refractivity contribution < 1.29 is 8.42 Å². The first-order chi connectivity index (χ1) is 7.84. The van der Waals surface area contributed by atoms with Crippen molar-refractivity contribution in [3.8, 4) is 0 Å². The van der Waals surface area contributed by atoms with Crippen LogP contribution < -0.4 is 10.5 Å². The molecule has 18 heavy (non-hydrogen) atoms. The van der Waals surface area contributed by atoms with E-state index < -0.39 is 10.0 Å². The Morgan fingerprint density at radius 2 is 2.11 bits per heavy atom. The van der Waals surface area contributed by atoms with Crippen molar-refractivity contribution in [1.82, 2.24) is 4.72 Å². The second-order valence-electron chi connectivity index (χ2n) is 3.72. The first-order valence-electron chi connectivity index (χ1n) is 5.04. The quantitative estimate of drug-likeness (QED) is 0.828. The molecule has 0 saturated heterocycles. The summed E-state index contributed by atoms with van der Waals surface area (Å²) in [7, 11) is -3.55. The van der Waals surface area contributed by atoms with Gasteiger partial charge in [-0.05, 0) is 41.4 Å². The second kappa shape index (κ2) is 7.67. The Bertz CT molecular complexity index is 495. The number of nitrogens with one attached hydrogen (secondary N) is 1. The van der Waals surface area contributed by atoms with E-state index >= 15 is 0 Å². The number of nitrogens with two attached hydrogens (primary N) is 1. The highest BCUT2D eigenvalue weighted by Gasteiger charge is 2.18. The molecule has 0 bridgehead atoms. The Hall–Kier alpha value is 0.150. The van der Waals surface area contributed by atoms with Gasteiger partial charge in [0.2, 0.25) is 10.0 Å². The van der Waals surface area contributed by atoms with E-state index in [0.717, 1.165) is 0 Å². The number of rotatable bonds is 5. The average molecular weight is 378 g/mol. The van der Waals surface area contributed by atoms with Gasteiger partial charge in [-0.3, -0.25) is 0 Å². The van der Waals surface area contributed by atoms with Gasteiger partial charge >= 0.3 is 0 Å². The smallest absolute Gasteiger partial charge is 0.241 e. The number of benzene rings is 1. The van der Waals surface area contributed by atoms with Gasteiger partial charge in [0, 0.05) is 12.6 Å². The van der Waals surface area contributed by atoms with Crippen LogP contribution in [-0.4, -0.2) is 21.0 Å². The van der Waals surface area contributed by atoms with Crippen molar-refractivity contribution in [2.24, 2.45) is 5.73 Å². The molecule has 3 N–H and O–H groups in total. The molecule has 1 aromatic rings. The molecular weight excluding hydrogens is 363 g/mol. The molecule has 0 aromatic heterocycles. The molecule has 1 rings (SSSR count). The minimum atomic E-state index is -3.55. The highest BCUT2D eigenvalue weighted by atomic mass is 79.9. The topological polar surface area (TPSA) is 72.2 Å². The summed E-state index contributed by atoms with van der Waals surface area (Å²) in [4.78, 5) is 0.134. The zero-order chi connectivity index (χ0) is 13.1. The van der Waals surface area contributed by atoms with Crippen molar-refractivity contribution >= 4 is 50.0 Å². The molecule has 4 nitrogen and oxygen atoms in total. The lowest BCUT2D eigenvalue weighted by atomic mass is 10.3. The zero-order valence-corrected chi connectivity index (χ0v) is 13.7. The molecule has 104 valence electrons. The van der Waals surface area contributed by atoms with Gasteiger partial charge in [0.25, 0.3) is 0 Å². The van der Waals surface area contributed by atoms with Crippen LogP contribution >= 0.6 is 39.9 Å². The summed E-state index contributed by atoms with van der Waals surface area (Å²) in [5, 5.41) is 0.361. The summed E-state index contributed by atoms with van der Waals surface area (Å²) < 4.78 is 26.7. The van der Waals surface area contributed by atoms with Crippen LogP contribution in [0.15, 0.2) is 27.6 Å². The molecule has 0 aliphatic heterocycles. The largest absolute Gasteiger partial charge is 0.328 e. The van der Waals surface area contributed by atoms with Crippen molar-refractivity contribution in [1.29, 1.82) is 0 Å². The summed E-state index contributed by atoms with van der Waals surface area (Å²) in [6, 6.07) is 4.66. The van der Waals surface area contributed by atoms with E-state index in [9.17, 15) is 8.42 Å². The van der Waals surface area contributed by atoms with Gasteiger partial charge in [0.05, 0.1) is 14.4 Å². The van der Waals surface area contributed by atoms with Gasteiger partial charge in [-0.15, -0.1) is 12.4 Å². The van der Waals surface area contributed by atoms with E-state index in [1.54, 1.807) is 12.1 Å². The standard InChI is InChI=1S/C10H14BrClN2O2S.ClH/c1-7(13)5-6-14-17(15,16)9-4-2-3-8(12)10(9)11;/h2-4,7,14H,5-6,13H2,1H3;1H. The van der Waals surface area contributed by atoms with Crippen LogP contribution in [0.5, 0.6) is 0 Å². The van der Waals surface area contributed by atoms with E-state index in [1.165, 1.54) is 6.07 Å². The molecule has 0 aliphatic rings. The Balaban J connectivity index is 0.00000289. The maximum Gasteiger partial charge on any atom is 0.241 e. The Kier molecular flexibility index (Phi) is 7.73. The molecule has 0 aliphatic carbocycles. The summed E-state index contributed by atoms with van der Waals surface area (Å²) in [6.07, 6.45) is 0.581. The zero-order valence-electron chi connectivity index (χ0n) is 9.69. The molecule has 8 heteroatoms. The number of sulfonamides is 1. The molecule has 1 unspecified atom stereocenters. The molecule has 0 heterocycles. The first kappa shape index (κ1) is 18.1. The first-order valence-corrected chi connectivity index (χ1v) is 7.69. The second-order valence-corrected chi connectivity index (χ2v) is 6.65. The van der Waals surface area contributed by atoms with Crippen LogP contribution in [0.3, 0.4) is 0 Å². The average Bonchev–Trinajstić information content (AvgIpc) is 2.21. The molecule has 0 fully saturated rings. The van der Waals surface area contributed by atoms with Gasteiger partial charge in [-0.2, -0.15) is 0 Å². The van der Waals surface area contributed by atoms with E-state index in [4.69, 9.17) is 17.3 Å². The highest BCUT2D eigenvalue weighted by Crippen LogP contribution is 2.29. The minimum absolute atomic E-state index is 0. The maximum absolute atomic E-state index is 11.9. The minimum Gasteiger partial charge on any atom is -0.328 e. The number of hydrogen-bond donors (Lipinski definition) is 2. The molecule has 1 aromatic carbocycles. The Morgan fingerprint density at radius 1 is 1.50 bits per heavy atom. The molecule has 1 atom stereocenters. The van der Waals surface area contributed by atoms with Crippen LogP contribution in [0.25, 0.3) is 0 Å². The number of hydrogen-bond acceptors (Lipinski definition) is 3. The van der Waals surface area contributed by atoms with Crippen molar-refractivity contribution in [3.63, 3.8) is 0 Å². The summed E-state index contributed by atoms with van der Waals surface area (Å²) in [5.41, 5.74) is 5.55. The normalized spacial score (nSPS) is 12.9. The lowest BCUT2D eigenvalue weighted by Gasteiger charge is -2.10. The summed E-state index contributed by atoms with van der Waals surface area (Å²) in [6.45, 7) is 2.13. The molecule has 0 spiro atoms. The van der Waals surface area contributed by atoms with Crippen molar-refractivity contribution in [2.45, 2.75) is 24.3 Å². The van der Waals surface area contributed by atoms with Crippen LogP contribution in [-0.2, 0) is 10.0 Å². The molecule has 0 saturated carbocycles. The van der Waals surface area contributed by atoms with Gasteiger partial charge in [-0.1, -0.05) is 17.7 Å². The van der Waals surface area contributed by atoms with Crippen molar-refractivity contribution in [3.05, 3.63) is 27.7 Å². The third-order valence-electron chi connectivity index (χ3n) is 2.10. The summed E-state index contributed by atoms with van der Waals surface area (Å²) in [5.74, 6) is 0. The third kappa shape index (κ3) is 5.03. The van der Waals surface area contributed by atoms with Crippen LogP contribution in [0.1, 0.15) is 13.3 Å². The Labute approximate surface area is 127 Å². The predicted molar refractivity (Wildman–Crippen MR) is 79.9 cm³/mol. The van der Waals surface area contributed by atoms with Crippen LogP contribution in [0.4, 0.5) is 0 Å². The maximum atomic E-state index is 11.9. The SMILES string of the molecule is CC(N)CCNS(=O)(=O)c1cccc(Cl)c1Br.Cl. The van der Waals surface area contributed by atoms with E-state index in [0.29, 0.717) is 22.5 Å². The fraction of sp³-hybridized carbons (Fsp3) is 0.400. The third-order valence-corrected chi connectivity index (χ3v) is 5.26. The van der Waals surface area contributed by atoms with Crippen LogP contribution in [0, 0.1) is 0 Å². The van der Waals surface area contributed by atoms with Gasteiger partial charge in [0.1, 0.15) is 0 Å². The number of halogens is 3. The molecular formula is C10H15BrCl2N2O2S. The van der Waals surface area contributed by atoms with Gasteiger partial charge in [0.15, 0.2) is 0 Å². The van der Waals surface area contributed by atoms with E-state index in [-0.39, 0.29) is 23.3 Å². The fourth-order valence-electron chi connectivity index (χ4n) is 1.19. The van der Waals surface area contributed by atoms with E-state index in [2.05, 4.69) is 20.7 Å². The van der Waals surface area contributed by atoms with Crippen LogP contribution in [0.2, 0.25) is 5.02 Å². The van der Waals surface area contributed by atoms with Gasteiger partial charge in [-0.25, -0.2) is 13.1 Å². The van der Waals surface area contributed by atoms with E-state index in [1.807, 2.05) is 6.92 Å². The van der Waals surface area contributed by atoms with Crippen molar-refractivity contribution in [2.75, 3.05) is 6.54 Å². The lowest BCUT2D eigenvalue weighted by Crippen LogP contribution is -2.29. The lowest BCUT2D eigenvalue weighted by molar-refractivity contribution is 0.571. The summed E-state index contributed by atoms with van der Waals surface area (Å²) >= 11 is 9.01. The fourth-order valence-corrected chi connectivity index (χ4v) is 3.47. The monoisotopic (exact) mass is 376 g/mol. The van der Waals surface area contributed by atoms with Gasteiger partial charge < -0.3 is 5.73 Å². The molecule has 0 amide bonds. The highest BCUT2D eigenvalue weighted by molar-refractivity contribution is 9.10. The predicted octanol–water partition coefficient (Wildman–Crippen LogP) is 2.54.